The molecule has 4 heteroatoms. The van der Waals surface area contributed by atoms with Crippen LogP contribution in [0.15, 0.2) is 22.7 Å². The minimum absolute atomic E-state index is 0.760. The summed E-state index contributed by atoms with van der Waals surface area (Å²) in [5.41, 5.74) is 2.68. The molecule has 2 aliphatic rings. The lowest BCUT2D eigenvalue weighted by Crippen LogP contribution is -2.62. The molecule has 0 saturated carbocycles. The van der Waals surface area contributed by atoms with Crippen LogP contribution in [0.25, 0.3) is 0 Å². The first-order valence-electron chi connectivity index (χ1n) is 6.70. The minimum atomic E-state index is 0.760. The highest BCUT2D eigenvalue weighted by molar-refractivity contribution is 9.10. The van der Waals surface area contributed by atoms with Crippen LogP contribution in [-0.2, 0) is 0 Å². The number of hydrogen-bond donors (Lipinski definition) is 1. The fourth-order valence-corrected chi connectivity index (χ4v) is 3.02. The summed E-state index contributed by atoms with van der Waals surface area (Å²) in [5, 5.41) is 3.41. The van der Waals surface area contributed by atoms with Crippen molar-refractivity contribution in [2.24, 2.45) is 0 Å². The molecule has 1 N–H and O–H groups in total. The van der Waals surface area contributed by atoms with Crippen molar-refractivity contribution < 1.29 is 0 Å². The zero-order chi connectivity index (χ0) is 12.5. The van der Waals surface area contributed by atoms with Crippen molar-refractivity contribution in [1.82, 2.24) is 10.2 Å². The lowest BCUT2D eigenvalue weighted by atomic mass is 10.0. The lowest BCUT2D eigenvalue weighted by molar-refractivity contribution is 0.147. The number of rotatable bonds is 2. The number of halogens is 1. The predicted octanol–water partition coefficient (Wildman–Crippen LogP) is 1.85. The van der Waals surface area contributed by atoms with Crippen molar-refractivity contribution in [2.45, 2.75) is 13.0 Å². The van der Waals surface area contributed by atoms with Crippen LogP contribution in [0.3, 0.4) is 0 Å². The standard InChI is InChI=1S/C14H20BrN3/c1-11-8-12(2-3-14(11)15)18-9-13(10-18)17-6-4-16-5-7-17/h2-3,8,13,16H,4-7,9-10H2,1H3. The van der Waals surface area contributed by atoms with Crippen LogP contribution in [0.2, 0.25) is 0 Å². The second-order valence-corrected chi connectivity index (χ2v) is 6.13. The summed E-state index contributed by atoms with van der Waals surface area (Å²) < 4.78 is 1.20. The van der Waals surface area contributed by atoms with Crippen molar-refractivity contribution >= 4 is 21.6 Å². The van der Waals surface area contributed by atoms with Gasteiger partial charge in [0.05, 0.1) is 0 Å². The van der Waals surface area contributed by atoms with Crippen molar-refractivity contribution in [3.8, 4) is 0 Å². The summed E-state index contributed by atoms with van der Waals surface area (Å²) >= 11 is 3.56. The summed E-state index contributed by atoms with van der Waals surface area (Å²) in [4.78, 5) is 5.10. The summed E-state index contributed by atoms with van der Waals surface area (Å²) in [5.74, 6) is 0. The fraction of sp³-hybridized carbons (Fsp3) is 0.571. The van der Waals surface area contributed by atoms with Gasteiger partial charge < -0.3 is 10.2 Å². The molecule has 0 unspecified atom stereocenters. The van der Waals surface area contributed by atoms with Gasteiger partial charge in [0.25, 0.3) is 0 Å². The third-order valence-electron chi connectivity index (χ3n) is 4.04. The van der Waals surface area contributed by atoms with Gasteiger partial charge in [-0.3, -0.25) is 4.90 Å². The van der Waals surface area contributed by atoms with Crippen LogP contribution in [0.1, 0.15) is 5.56 Å². The molecule has 0 aromatic heterocycles. The molecular formula is C14H20BrN3. The molecule has 3 nitrogen and oxygen atoms in total. The Morgan fingerprint density at radius 3 is 2.61 bits per heavy atom. The Kier molecular flexibility index (Phi) is 3.59. The second-order valence-electron chi connectivity index (χ2n) is 5.28. The van der Waals surface area contributed by atoms with Crippen LogP contribution < -0.4 is 10.2 Å². The zero-order valence-corrected chi connectivity index (χ0v) is 12.4. The average molecular weight is 310 g/mol. The van der Waals surface area contributed by atoms with Gasteiger partial charge in [-0.15, -0.1) is 0 Å². The number of piperazine rings is 1. The average Bonchev–Trinajstić information content (AvgIpc) is 2.33. The van der Waals surface area contributed by atoms with Crippen molar-refractivity contribution in [2.75, 3.05) is 44.2 Å². The maximum absolute atomic E-state index is 3.56. The largest absolute Gasteiger partial charge is 0.368 e. The van der Waals surface area contributed by atoms with E-state index in [4.69, 9.17) is 0 Å². The van der Waals surface area contributed by atoms with Crippen molar-refractivity contribution in [3.63, 3.8) is 0 Å². The van der Waals surface area contributed by atoms with E-state index in [0.29, 0.717) is 0 Å². The number of aryl methyl sites for hydroxylation is 1. The molecule has 0 radical (unpaired) electrons. The molecule has 2 fully saturated rings. The first kappa shape index (κ1) is 12.5. The Morgan fingerprint density at radius 1 is 1.22 bits per heavy atom. The van der Waals surface area contributed by atoms with Gasteiger partial charge >= 0.3 is 0 Å². The van der Waals surface area contributed by atoms with E-state index in [0.717, 1.165) is 19.1 Å². The summed E-state index contributed by atoms with van der Waals surface area (Å²) in [6, 6.07) is 7.41. The van der Waals surface area contributed by atoms with E-state index in [-0.39, 0.29) is 0 Å². The molecule has 2 saturated heterocycles. The highest BCUT2D eigenvalue weighted by atomic mass is 79.9. The Morgan fingerprint density at radius 2 is 1.94 bits per heavy atom. The molecule has 0 atom stereocenters. The molecule has 0 spiro atoms. The molecule has 2 aliphatic heterocycles. The van der Waals surface area contributed by atoms with Crippen LogP contribution in [0, 0.1) is 6.92 Å². The quantitative estimate of drug-likeness (QED) is 0.899. The van der Waals surface area contributed by atoms with Gasteiger partial charge in [-0.1, -0.05) is 15.9 Å². The molecule has 3 rings (SSSR count). The zero-order valence-electron chi connectivity index (χ0n) is 10.8. The van der Waals surface area contributed by atoms with Gasteiger partial charge in [-0.25, -0.2) is 0 Å². The van der Waals surface area contributed by atoms with Gasteiger partial charge in [0.15, 0.2) is 0 Å². The van der Waals surface area contributed by atoms with Crippen LogP contribution >= 0.6 is 15.9 Å². The summed E-state index contributed by atoms with van der Waals surface area (Å²) in [7, 11) is 0. The Balaban J connectivity index is 1.59. The highest BCUT2D eigenvalue weighted by Gasteiger charge is 2.32. The highest BCUT2D eigenvalue weighted by Crippen LogP contribution is 2.27. The molecule has 2 heterocycles. The molecule has 0 amide bonds. The Hall–Kier alpha value is -0.580. The van der Waals surface area contributed by atoms with E-state index in [1.807, 2.05) is 0 Å². The van der Waals surface area contributed by atoms with Gasteiger partial charge in [0.2, 0.25) is 0 Å². The van der Waals surface area contributed by atoms with E-state index in [1.165, 1.54) is 41.9 Å². The smallest absolute Gasteiger partial charge is 0.0447 e. The van der Waals surface area contributed by atoms with Crippen molar-refractivity contribution in [1.29, 1.82) is 0 Å². The normalized spacial score (nSPS) is 22.0. The molecule has 0 aliphatic carbocycles. The first-order valence-corrected chi connectivity index (χ1v) is 7.49. The van der Waals surface area contributed by atoms with Gasteiger partial charge in [0.1, 0.15) is 0 Å². The van der Waals surface area contributed by atoms with Gasteiger partial charge in [0, 0.05) is 55.5 Å². The van der Waals surface area contributed by atoms with Crippen LogP contribution in [0.4, 0.5) is 5.69 Å². The molecule has 98 valence electrons. The fourth-order valence-electron chi connectivity index (χ4n) is 2.77. The topological polar surface area (TPSA) is 18.5 Å². The van der Waals surface area contributed by atoms with E-state index in [9.17, 15) is 0 Å². The maximum Gasteiger partial charge on any atom is 0.0447 e. The van der Waals surface area contributed by atoms with Crippen LogP contribution in [-0.4, -0.2) is 50.2 Å². The molecular weight excluding hydrogens is 290 g/mol. The Labute approximate surface area is 117 Å². The number of hydrogen-bond acceptors (Lipinski definition) is 3. The van der Waals surface area contributed by atoms with Gasteiger partial charge in [-0.05, 0) is 30.7 Å². The lowest BCUT2D eigenvalue weighted by Gasteiger charge is -2.48. The monoisotopic (exact) mass is 309 g/mol. The molecule has 1 aromatic rings. The third-order valence-corrected chi connectivity index (χ3v) is 4.93. The SMILES string of the molecule is Cc1cc(N2CC(N3CCNCC3)C2)ccc1Br. The van der Waals surface area contributed by atoms with E-state index in [2.05, 4.69) is 56.2 Å². The third kappa shape index (κ3) is 2.42. The first-order chi connectivity index (χ1) is 8.74. The number of nitrogens with one attached hydrogen (secondary N) is 1. The molecule has 0 bridgehead atoms. The maximum atomic E-state index is 3.56. The van der Waals surface area contributed by atoms with E-state index >= 15 is 0 Å². The Bertz CT molecular complexity index is 423. The number of anilines is 1. The van der Waals surface area contributed by atoms with E-state index in [1.54, 1.807) is 0 Å². The minimum Gasteiger partial charge on any atom is -0.368 e. The number of benzene rings is 1. The molecule has 18 heavy (non-hydrogen) atoms. The number of nitrogens with zero attached hydrogens (tertiary/aromatic N) is 2. The predicted molar refractivity (Wildman–Crippen MR) is 79.3 cm³/mol. The van der Waals surface area contributed by atoms with Crippen LogP contribution in [0.5, 0.6) is 0 Å². The summed E-state index contributed by atoms with van der Waals surface area (Å²) in [6.45, 7) is 9.22. The van der Waals surface area contributed by atoms with Crippen molar-refractivity contribution in [3.05, 3.63) is 28.2 Å². The second kappa shape index (κ2) is 5.19. The summed E-state index contributed by atoms with van der Waals surface area (Å²) in [6.07, 6.45) is 0. The van der Waals surface area contributed by atoms with E-state index < -0.39 is 0 Å². The molecule has 1 aromatic carbocycles. The van der Waals surface area contributed by atoms with Gasteiger partial charge in [-0.2, -0.15) is 0 Å².